The van der Waals surface area contributed by atoms with Gasteiger partial charge in [0.05, 0.1) is 15.9 Å². The molecule has 1 heterocycles. The molecule has 0 amide bonds. The number of nitrogens with two attached hydrogens (primary N) is 1. The molecule has 0 aliphatic carbocycles. The molecule has 0 aliphatic heterocycles. The summed E-state index contributed by atoms with van der Waals surface area (Å²) >= 11 is 5.30. The molecule has 0 fully saturated rings. The first-order valence-electron chi connectivity index (χ1n) is 5.23. The van der Waals surface area contributed by atoms with E-state index in [9.17, 15) is 0 Å². The highest BCUT2D eigenvalue weighted by Gasteiger charge is 2.14. The predicted octanol–water partition coefficient (Wildman–Crippen LogP) is 3.03. The van der Waals surface area contributed by atoms with Crippen molar-refractivity contribution < 1.29 is 0 Å². The highest BCUT2D eigenvalue weighted by molar-refractivity contribution is 9.10. The molecule has 3 nitrogen and oxygen atoms in total. The van der Waals surface area contributed by atoms with E-state index in [-0.39, 0.29) is 0 Å². The zero-order valence-electron chi connectivity index (χ0n) is 9.77. The van der Waals surface area contributed by atoms with Gasteiger partial charge < -0.3 is 5.73 Å². The minimum Gasteiger partial charge on any atom is -0.325 e. The Labute approximate surface area is 114 Å². The Morgan fingerprint density at radius 3 is 2.47 bits per heavy atom. The largest absolute Gasteiger partial charge is 0.325 e. The maximum atomic E-state index is 5.65. The number of hydrogen-bond acceptors (Lipinski definition) is 3. The first-order chi connectivity index (χ1) is 8.17. The van der Waals surface area contributed by atoms with Gasteiger partial charge in [-0.2, -0.15) is 5.10 Å². The molecule has 0 radical (unpaired) electrons. The quantitative estimate of drug-likeness (QED) is 0.886. The summed E-state index contributed by atoms with van der Waals surface area (Å²) in [6, 6.07) is 8.44. The first kappa shape index (κ1) is 12.7. The van der Waals surface area contributed by atoms with Crippen LogP contribution >= 0.6 is 27.7 Å². The van der Waals surface area contributed by atoms with Crippen molar-refractivity contribution in [2.45, 2.75) is 11.4 Å². The summed E-state index contributed by atoms with van der Waals surface area (Å²) in [5.41, 5.74) is 8.74. The monoisotopic (exact) mass is 311 g/mol. The van der Waals surface area contributed by atoms with Crippen LogP contribution in [0.4, 0.5) is 0 Å². The van der Waals surface area contributed by atoms with E-state index >= 15 is 0 Å². The van der Waals surface area contributed by atoms with Crippen LogP contribution in [0.1, 0.15) is 5.69 Å². The van der Waals surface area contributed by atoms with Crippen LogP contribution in [0.25, 0.3) is 11.3 Å². The number of benzene rings is 1. The molecule has 0 saturated carbocycles. The van der Waals surface area contributed by atoms with E-state index in [0.29, 0.717) is 6.54 Å². The fraction of sp³-hybridized carbons (Fsp3) is 0.250. The molecule has 5 heteroatoms. The van der Waals surface area contributed by atoms with E-state index in [1.807, 2.05) is 11.7 Å². The Balaban J connectivity index is 2.48. The molecule has 0 bridgehead atoms. The van der Waals surface area contributed by atoms with Gasteiger partial charge in [0.1, 0.15) is 0 Å². The maximum absolute atomic E-state index is 5.65. The SMILES string of the molecule is CSc1ccc(-c2c(Br)c(CN)nn2C)cc1. The first-order valence-corrected chi connectivity index (χ1v) is 7.25. The Bertz CT molecular complexity index is 519. The van der Waals surface area contributed by atoms with Crippen molar-refractivity contribution in [2.75, 3.05) is 6.26 Å². The second kappa shape index (κ2) is 5.25. The highest BCUT2D eigenvalue weighted by Crippen LogP contribution is 2.31. The fourth-order valence-corrected chi connectivity index (χ4v) is 2.88. The van der Waals surface area contributed by atoms with Gasteiger partial charge in [-0.05, 0) is 34.3 Å². The van der Waals surface area contributed by atoms with Crippen molar-refractivity contribution in [3.05, 3.63) is 34.4 Å². The molecule has 2 aromatic rings. The summed E-state index contributed by atoms with van der Waals surface area (Å²) in [5.74, 6) is 0. The van der Waals surface area contributed by atoms with Crippen molar-refractivity contribution in [1.29, 1.82) is 0 Å². The van der Waals surface area contributed by atoms with Crippen LogP contribution in [-0.2, 0) is 13.6 Å². The van der Waals surface area contributed by atoms with Gasteiger partial charge in [0, 0.05) is 24.1 Å². The molecule has 1 aromatic carbocycles. The molecule has 2 rings (SSSR count). The summed E-state index contributed by atoms with van der Waals surface area (Å²) in [6.45, 7) is 0.442. The van der Waals surface area contributed by atoms with E-state index in [1.54, 1.807) is 11.8 Å². The van der Waals surface area contributed by atoms with Gasteiger partial charge in [0.25, 0.3) is 0 Å². The van der Waals surface area contributed by atoms with Crippen molar-refractivity contribution in [1.82, 2.24) is 9.78 Å². The van der Waals surface area contributed by atoms with Crippen LogP contribution in [-0.4, -0.2) is 16.0 Å². The molecule has 0 saturated heterocycles. The molecule has 1 aromatic heterocycles. The fourth-order valence-electron chi connectivity index (χ4n) is 1.75. The smallest absolute Gasteiger partial charge is 0.0908 e. The number of aryl methyl sites for hydroxylation is 1. The normalized spacial score (nSPS) is 10.8. The van der Waals surface area contributed by atoms with Crippen molar-refractivity contribution >= 4 is 27.7 Å². The van der Waals surface area contributed by atoms with Crippen LogP contribution in [0.2, 0.25) is 0 Å². The minimum atomic E-state index is 0.442. The molecule has 0 aliphatic rings. The van der Waals surface area contributed by atoms with E-state index in [4.69, 9.17) is 5.73 Å². The third-order valence-corrected chi connectivity index (χ3v) is 4.19. The predicted molar refractivity (Wildman–Crippen MR) is 76.0 cm³/mol. The van der Waals surface area contributed by atoms with Gasteiger partial charge in [-0.25, -0.2) is 0 Å². The van der Waals surface area contributed by atoms with Crippen molar-refractivity contribution in [3.8, 4) is 11.3 Å². The van der Waals surface area contributed by atoms with Gasteiger partial charge in [-0.3, -0.25) is 4.68 Å². The van der Waals surface area contributed by atoms with E-state index in [1.165, 1.54) is 4.90 Å². The topological polar surface area (TPSA) is 43.8 Å². The second-order valence-corrected chi connectivity index (χ2v) is 5.34. The average molecular weight is 312 g/mol. The number of thioether (sulfide) groups is 1. The van der Waals surface area contributed by atoms with Crippen LogP contribution < -0.4 is 5.73 Å². The summed E-state index contributed by atoms with van der Waals surface area (Å²) in [5, 5.41) is 4.39. The lowest BCUT2D eigenvalue weighted by molar-refractivity contribution is 0.749. The number of hydrogen-bond donors (Lipinski definition) is 1. The Morgan fingerprint density at radius 1 is 1.35 bits per heavy atom. The lowest BCUT2D eigenvalue weighted by atomic mass is 10.1. The van der Waals surface area contributed by atoms with Crippen LogP contribution in [0.15, 0.2) is 33.6 Å². The van der Waals surface area contributed by atoms with Crippen LogP contribution in [0, 0.1) is 0 Å². The van der Waals surface area contributed by atoms with E-state index < -0.39 is 0 Å². The van der Waals surface area contributed by atoms with Gasteiger partial charge in [0.15, 0.2) is 0 Å². The lowest BCUT2D eigenvalue weighted by Crippen LogP contribution is -1.99. The van der Waals surface area contributed by atoms with Gasteiger partial charge in [0.2, 0.25) is 0 Å². The molecule has 17 heavy (non-hydrogen) atoms. The van der Waals surface area contributed by atoms with E-state index in [0.717, 1.165) is 21.4 Å². The summed E-state index contributed by atoms with van der Waals surface area (Å²) in [4.78, 5) is 1.26. The van der Waals surface area contributed by atoms with Crippen molar-refractivity contribution in [2.24, 2.45) is 12.8 Å². The van der Waals surface area contributed by atoms with Gasteiger partial charge >= 0.3 is 0 Å². The highest BCUT2D eigenvalue weighted by atomic mass is 79.9. The Morgan fingerprint density at radius 2 is 2.00 bits per heavy atom. The summed E-state index contributed by atoms with van der Waals surface area (Å²) in [7, 11) is 1.93. The lowest BCUT2D eigenvalue weighted by Gasteiger charge is -2.04. The minimum absolute atomic E-state index is 0.442. The van der Waals surface area contributed by atoms with Crippen LogP contribution in [0.5, 0.6) is 0 Å². The van der Waals surface area contributed by atoms with Gasteiger partial charge in [-0.1, -0.05) is 12.1 Å². The molecule has 2 N–H and O–H groups in total. The zero-order chi connectivity index (χ0) is 12.4. The average Bonchev–Trinajstić information content (AvgIpc) is 2.64. The zero-order valence-corrected chi connectivity index (χ0v) is 12.2. The molecule has 90 valence electrons. The maximum Gasteiger partial charge on any atom is 0.0908 e. The number of rotatable bonds is 3. The summed E-state index contributed by atoms with van der Waals surface area (Å²) < 4.78 is 2.85. The van der Waals surface area contributed by atoms with Crippen molar-refractivity contribution in [3.63, 3.8) is 0 Å². The second-order valence-electron chi connectivity index (χ2n) is 3.67. The molecular formula is C12H14BrN3S. The van der Waals surface area contributed by atoms with E-state index in [2.05, 4.69) is 51.5 Å². The Hall–Kier alpha value is -0.780. The molecule has 0 unspecified atom stereocenters. The third kappa shape index (κ3) is 2.41. The Kier molecular flexibility index (Phi) is 3.91. The number of nitrogens with zero attached hydrogens (tertiary/aromatic N) is 2. The molecule has 0 atom stereocenters. The molecular weight excluding hydrogens is 298 g/mol. The third-order valence-electron chi connectivity index (χ3n) is 2.61. The standard InChI is InChI=1S/C12H14BrN3S/c1-16-12(11(13)10(7-14)15-16)8-3-5-9(17-2)6-4-8/h3-6H,7,14H2,1-2H3. The molecule has 0 spiro atoms. The number of halogens is 1. The van der Waals surface area contributed by atoms with Gasteiger partial charge in [-0.15, -0.1) is 11.8 Å². The van der Waals surface area contributed by atoms with Crippen LogP contribution in [0.3, 0.4) is 0 Å². The summed E-state index contributed by atoms with van der Waals surface area (Å²) in [6.07, 6.45) is 2.07. The number of aromatic nitrogens is 2.